The minimum atomic E-state index is -0.561. The number of non-ortho nitro benzene ring substituents is 1. The minimum absolute atomic E-state index is 0.163. The van der Waals surface area contributed by atoms with Gasteiger partial charge in [0.15, 0.2) is 0 Å². The van der Waals surface area contributed by atoms with Crippen LogP contribution in [0, 0.1) is 10.1 Å². The molecule has 0 aromatic heterocycles. The molecule has 3 aromatic carbocycles. The maximum absolute atomic E-state index is 12.4. The number of nitrogens with zero attached hydrogens (tertiary/aromatic N) is 1. The van der Waals surface area contributed by atoms with Gasteiger partial charge in [0.05, 0.1) is 11.5 Å². The fourth-order valence-electron chi connectivity index (χ4n) is 2.67. The van der Waals surface area contributed by atoms with Crippen molar-refractivity contribution in [1.29, 1.82) is 0 Å². The molecule has 0 aliphatic rings. The van der Waals surface area contributed by atoms with Gasteiger partial charge in [0.25, 0.3) is 17.5 Å². The average molecular weight is 405 g/mol. The quantitative estimate of drug-likeness (QED) is 0.444. The summed E-state index contributed by atoms with van der Waals surface area (Å²) in [5.74, 6) is -0.0552. The zero-order valence-electron chi connectivity index (χ0n) is 16.1. The van der Waals surface area contributed by atoms with Gasteiger partial charge in [0.1, 0.15) is 5.75 Å². The lowest BCUT2D eigenvalue weighted by molar-refractivity contribution is -0.384. The van der Waals surface area contributed by atoms with Crippen molar-refractivity contribution in [3.8, 4) is 5.75 Å². The number of amides is 2. The Balaban J connectivity index is 1.62. The van der Waals surface area contributed by atoms with E-state index in [0.29, 0.717) is 23.5 Å². The molecule has 0 saturated carbocycles. The summed E-state index contributed by atoms with van der Waals surface area (Å²) in [6, 6.07) is 18.8. The Bertz CT molecular complexity index is 1060. The summed E-state index contributed by atoms with van der Waals surface area (Å²) in [5, 5.41) is 16.3. The molecule has 2 N–H and O–H groups in total. The van der Waals surface area contributed by atoms with E-state index >= 15 is 0 Å². The van der Waals surface area contributed by atoms with Gasteiger partial charge in [-0.1, -0.05) is 6.07 Å². The average Bonchev–Trinajstić information content (AvgIpc) is 2.76. The van der Waals surface area contributed by atoms with Crippen LogP contribution in [0.25, 0.3) is 0 Å². The molecule has 2 amide bonds. The van der Waals surface area contributed by atoms with Gasteiger partial charge in [-0.05, 0) is 61.5 Å². The molecule has 0 saturated heterocycles. The van der Waals surface area contributed by atoms with Crippen LogP contribution in [0.3, 0.4) is 0 Å². The van der Waals surface area contributed by atoms with Gasteiger partial charge in [-0.15, -0.1) is 0 Å². The molecule has 152 valence electrons. The molecule has 0 spiro atoms. The second-order valence-corrected chi connectivity index (χ2v) is 6.25. The molecule has 3 rings (SSSR count). The van der Waals surface area contributed by atoms with Crippen molar-refractivity contribution in [1.82, 2.24) is 0 Å². The minimum Gasteiger partial charge on any atom is -0.494 e. The Morgan fingerprint density at radius 3 is 2.00 bits per heavy atom. The summed E-state index contributed by atoms with van der Waals surface area (Å²) >= 11 is 0. The van der Waals surface area contributed by atoms with Crippen LogP contribution in [-0.2, 0) is 0 Å². The van der Waals surface area contributed by atoms with E-state index in [0.717, 1.165) is 5.75 Å². The van der Waals surface area contributed by atoms with Crippen LogP contribution in [0.4, 0.5) is 17.1 Å². The highest BCUT2D eigenvalue weighted by atomic mass is 16.6. The van der Waals surface area contributed by atoms with Crippen LogP contribution in [0.5, 0.6) is 5.75 Å². The van der Waals surface area contributed by atoms with E-state index in [9.17, 15) is 19.7 Å². The van der Waals surface area contributed by atoms with Crippen molar-refractivity contribution in [3.05, 3.63) is 94.0 Å². The van der Waals surface area contributed by atoms with Crippen LogP contribution >= 0.6 is 0 Å². The van der Waals surface area contributed by atoms with E-state index < -0.39 is 10.8 Å². The van der Waals surface area contributed by atoms with Crippen molar-refractivity contribution in [2.24, 2.45) is 0 Å². The molecular weight excluding hydrogens is 386 g/mol. The summed E-state index contributed by atoms with van der Waals surface area (Å²) in [6.07, 6.45) is 0. The number of nitro groups is 1. The number of nitrogens with one attached hydrogen (secondary N) is 2. The number of hydrogen-bond acceptors (Lipinski definition) is 5. The highest BCUT2D eigenvalue weighted by molar-refractivity contribution is 6.06. The molecule has 0 radical (unpaired) electrons. The van der Waals surface area contributed by atoms with Gasteiger partial charge in [0.2, 0.25) is 0 Å². The van der Waals surface area contributed by atoms with Gasteiger partial charge in [0, 0.05) is 34.6 Å². The lowest BCUT2D eigenvalue weighted by atomic mass is 10.1. The molecule has 0 heterocycles. The normalized spacial score (nSPS) is 10.2. The highest BCUT2D eigenvalue weighted by Crippen LogP contribution is 2.18. The summed E-state index contributed by atoms with van der Waals surface area (Å²) in [6.45, 7) is 2.46. The first-order valence-corrected chi connectivity index (χ1v) is 9.16. The van der Waals surface area contributed by atoms with Gasteiger partial charge in [-0.2, -0.15) is 0 Å². The molecular formula is C22H19N3O5. The third-order valence-electron chi connectivity index (χ3n) is 4.15. The number of anilines is 2. The fraction of sp³-hybridized carbons (Fsp3) is 0.0909. The lowest BCUT2D eigenvalue weighted by Crippen LogP contribution is -2.14. The number of nitro benzene ring substituents is 1. The molecule has 0 aliphatic carbocycles. The van der Waals surface area contributed by atoms with Crippen LogP contribution in [0.1, 0.15) is 27.6 Å². The summed E-state index contributed by atoms with van der Waals surface area (Å²) in [5.41, 5.74) is 1.51. The molecule has 0 fully saturated rings. The Morgan fingerprint density at radius 1 is 0.867 bits per heavy atom. The Kier molecular flexibility index (Phi) is 6.39. The molecule has 8 nitrogen and oxygen atoms in total. The van der Waals surface area contributed by atoms with E-state index in [2.05, 4.69) is 10.6 Å². The summed E-state index contributed by atoms with van der Waals surface area (Å²) in [4.78, 5) is 35.0. The predicted molar refractivity (Wildman–Crippen MR) is 113 cm³/mol. The maximum atomic E-state index is 12.4. The predicted octanol–water partition coefficient (Wildman–Crippen LogP) is 4.50. The number of benzene rings is 3. The largest absolute Gasteiger partial charge is 0.494 e. The molecule has 0 bridgehead atoms. The SMILES string of the molecule is CCOc1ccc(NC(=O)c2ccc(NC(=O)c3cccc([N+](=O)[O-])c3)cc2)cc1. The van der Waals surface area contributed by atoms with Crippen molar-refractivity contribution in [2.75, 3.05) is 17.2 Å². The van der Waals surface area contributed by atoms with Gasteiger partial charge in [-0.3, -0.25) is 19.7 Å². The Hall–Kier alpha value is -4.20. The topological polar surface area (TPSA) is 111 Å². The first kappa shape index (κ1) is 20.5. The number of ether oxygens (including phenoxy) is 1. The van der Waals surface area contributed by atoms with Gasteiger partial charge < -0.3 is 15.4 Å². The van der Waals surface area contributed by atoms with E-state index in [4.69, 9.17) is 4.74 Å². The number of hydrogen-bond donors (Lipinski definition) is 2. The molecule has 8 heteroatoms. The molecule has 0 unspecified atom stereocenters. The monoisotopic (exact) mass is 405 g/mol. The van der Waals surface area contributed by atoms with Crippen molar-refractivity contribution in [2.45, 2.75) is 6.92 Å². The van der Waals surface area contributed by atoms with Crippen molar-refractivity contribution < 1.29 is 19.2 Å². The van der Waals surface area contributed by atoms with E-state index in [-0.39, 0.29) is 17.2 Å². The Morgan fingerprint density at radius 2 is 1.43 bits per heavy atom. The molecule has 0 aliphatic heterocycles. The molecule has 30 heavy (non-hydrogen) atoms. The van der Waals surface area contributed by atoms with E-state index in [1.807, 2.05) is 6.92 Å². The third kappa shape index (κ3) is 5.20. The van der Waals surface area contributed by atoms with Crippen LogP contribution < -0.4 is 15.4 Å². The zero-order chi connectivity index (χ0) is 21.5. The summed E-state index contributed by atoms with van der Waals surface area (Å²) in [7, 11) is 0. The third-order valence-corrected chi connectivity index (χ3v) is 4.15. The number of rotatable bonds is 7. The van der Waals surface area contributed by atoms with Gasteiger partial charge in [-0.25, -0.2) is 0 Å². The van der Waals surface area contributed by atoms with E-state index in [1.165, 1.54) is 24.3 Å². The smallest absolute Gasteiger partial charge is 0.270 e. The standard InChI is InChI=1S/C22H19N3O5/c1-2-30-20-12-10-18(11-13-20)23-21(26)15-6-8-17(9-7-15)24-22(27)16-4-3-5-19(14-16)25(28)29/h3-14H,2H2,1H3,(H,23,26)(H,24,27). The second-order valence-electron chi connectivity index (χ2n) is 6.25. The zero-order valence-corrected chi connectivity index (χ0v) is 16.1. The van der Waals surface area contributed by atoms with E-state index in [1.54, 1.807) is 48.5 Å². The summed E-state index contributed by atoms with van der Waals surface area (Å²) < 4.78 is 5.36. The first-order valence-electron chi connectivity index (χ1n) is 9.16. The first-order chi connectivity index (χ1) is 14.5. The molecule has 3 aromatic rings. The highest BCUT2D eigenvalue weighted by Gasteiger charge is 2.12. The Labute approximate surface area is 172 Å². The van der Waals surface area contributed by atoms with Gasteiger partial charge >= 0.3 is 0 Å². The fourth-order valence-corrected chi connectivity index (χ4v) is 2.67. The van der Waals surface area contributed by atoms with Crippen LogP contribution in [0.15, 0.2) is 72.8 Å². The van der Waals surface area contributed by atoms with Crippen molar-refractivity contribution in [3.63, 3.8) is 0 Å². The number of carbonyl (C=O) groups is 2. The molecule has 0 atom stereocenters. The van der Waals surface area contributed by atoms with Crippen LogP contribution in [-0.4, -0.2) is 23.3 Å². The second kappa shape index (κ2) is 9.33. The maximum Gasteiger partial charge on any atom is 0.270 e. The lowest BCUT2D eigenvalue weighted by Gasteiger charge is -2.09. The van der Waals surface area contributed by atoms with Crippen molar-refractivity contribution >= 4 is 28.9 Å². The van der Waals surface area contributed by atoms with Crippen LogP contribution in [0.2, 0.25) is 0 Å². The number of carbonyl (C=O) groups excluding carboxylic acids is 2.